The van der Waals surface area contributed by atoms with Gasteiger partial charge in [0.15, 0.2) is 12.6 Å². The first-order valence-electron chi connectivity index (χ1n) is 6.08. The zero-order valence-corrected chi connectivity index (χ0v) is 10.7. The SMILES string of the molecule is OCC(CO)(CO)C(CCC(O)O)OCCC(O)O. The molecule has 0 spiro atoms. The van der Waals surface area contributed by atoms with E-state index >= 15 is 0 Å². The highest BCUT2D eigenvalue weighted by Crippen LogP contribution is 2.27. The van der Waals surface area contributed by atoms with Crippen molar-refractivity contribution >= 4 is 0 Å². The lowest BCUT2D eigenvalue weighted by Gasteiger charge is -2.36. The number of aliphatic hydroxyl groups excluding tert-OH is 5. The number of ether oxygens (including phenoxy) is 1. The van der Waals surface area contributed by atoms with E-state index in [4.69, 9.17) is 25.2 Å². The van der Waals surface area contributed by atoms with Gasteiger partial charge in [0.25, 0.3) is 0 Å². The van der Waals surface area contributed by atoms with Gasteiger partial charge >= 0.3 is 0 Å². The zero-order chi connectivity index (χ0) is 14.9. The van der Waals surface area contributed by atoms with Crippen LogP contribution in [0.3, 0.4) is 0 Å². The van der Waals surface area contributed by atoms with Gasteiger partial charge in [0.05, 0.1) is 37.9 Å². The van der Waals surface area contributed by atoms with Gasteiger partial charge < -0.3 is 40.5 Å². The molecule has 0 aromatic rings. The van der Waals surface area contributed by atoms with Gasteiger partial charge in [0.1, 0.15) is 0 Å². The third-order valence-corrected chi connectivity index (χ3v) is 3.01. The van der Waals surface area contributed by atoms with Crippen molar-refractivity contribution in [1.82, 2.24) is 0 Å². The van der Waals surface area contributed by atoms with Crippen molar-refractivity contribution in [3.63, 3.8) is 0 Å². The van der Waals surface area contributed by atoms with E-state index in [2.05, 4.69) is 0 Å². The maximum Gasteiger partial charge on any atom is 0.153 e. The molecule has 8 nitrogen and oxygen atoms in total. The molecule has 19 heavy (non-hydrogen) atoms. The summed E-state index contributed by atoms with van der Waals surface area (Å²) < 4.78 is 5.32. The van der Waals surface area contributed by atoms with Crippen molar-refractivity contribution in [2.75, 3.05) is 26.4 Å². The van der Waals surface area contributed by atoms with Crippen molar-refractivity contribution in [3.05, 3.63) is 0 Å². The lowest BCUT2D eigenvalue weighted by molar-refractivity contribution is -0.139. The Hall–Kier alpha value is -0.320. The van der Waals surface area contributed by atoms with E-state index in [9.17, 15) is 15.3 Å². The molecule has 0 saturated carbocycles. The summed E-state index contributed by atoms with van der Waals surface area (Å²) >= 11 is 0. The average Bonchev–Trinajstić information content (AvgIpc) is 2.37. The second-order valence-corrected chi connectivity index (χ2v) is 4.52. The van der Waals surface area contributed by atoms with Crippen molar-refractivity contribution in [3.8, 4) is 0 Å². The van der Waals surface area contributed by atoms with Crippen LogP contribution in [0.4, 0.5) is 0 Å². The summed E-state index contributed by atoms with van der Waals surface area (Å²) in [5.74, 6) is 0. The predicted molar refractivity (Wildman–Crippen MR) is 63.7 cm³/mol. The summed E-state index contributed by atoms with van der Waals surface area (Å²) in [6.45, 7) is -1.71. The summed E-state index contributed by atoms with van der Waals surface area (Å²) in [4.78, 5) is 0. The number of rotatable bonds is 11. The van der Waals surface area contributed by atoms with Crippen LogP contribution in [0.5, 0.6) is 0 Å². The fourth-order valence-electron chi connectivity index (χ4n) is 1.64. The Balaban J connectivity index is 4.61. The third-order valence-electron chi connectivity index (χ3n) is 3.01. The summed E-state index contributed by atoms with van der Waals surface area (Å²) in [7, 11) is 0. The second kappa shape index (κ2) is 9.56. The highest BCUT2D eigenvalue weighted by Gasteiger charge is 2.38. The summed E-state index contributed by atoms with van der Waals surface area (Å²) in [5, 5.41) is 63.0. The molecule has 0 aromatic carbocycles. The van der Waals surface area contributed by atoms with Gasteiger partial charge in [-0.15, -0.1) is 0 Å². The van der Waals surface area contributed by atoms with Crippen LogP contribution in [-0.4, -0.2) is 80.9 Å². The molecule has 0 heterocycles. The first kappa shape index (κ1) is 18.7. The van der Waals surface area contributed by atoms with Crippen molar-refractivity contribution < 1.29 is 40.5 Å². The Labute approximate surface area is 111 Å². The van der Waals surface area contributed by atoms with Crippen LogP contribution in [0.15, 0.2) is 0 Å². The minimum Gasteiger partial charge on any atom is -0.396 e. The van der Waals surface area contributed by atoms with Crippen LogP contribution < -0.4 is 0 Å². The summed E-state index contributed by atoms with van der Waals surface area (Å²) in [5.41, 5.74) is -1.32. The van der Waals surface area contributed by atoms with Crippen molar-refractivity contribution in [2.24, 2.45) is 5.41 Å². The lowest BCUT2D eigenvalue weighted by atomic mass is 9.82. The van der Waals surface area contributed by atoms with Crippen molar-refractivity contribution in [1.29, 1.82) is 0 Å². The van der Waals surface area contributed by atoms with E-state index in [1.54, 1.807) is 0 Å². The molecular formula is C11H24O8. The molecule has 116 valence electrons. The van der Waals surface area contributed by atoms with Crippen LogP contribution >= 0.6 is 0 Å². The second-order valence-electron chi connectivity index (χ2n) is 4.52. The molecule has 0 bridgehead atoms. The Kier molecular flexibility index (Phi) is 9.40. The number of hydrogen-bond acceptors (Lipinski definition) is 8. The summed E-state index contributed by atoms with van der Waals surface area (Å²) in [6, 6.07) is 0. The molecule has 0 radical (unpaired) electrons. The molecule has 0 amide bonds. The van der Waals surface area contributed by atoms with Crippen molar-refractivity contribution in [2.45, 2.75) is 37.9 Å². The van der Waals surface area contributed by atoms with E-state index in [0.29, 0.717) is 0 Å². The van der Waals surface area contributed by atoms with E-state index in [-0.39, 0.29) is 25.9 Å². The van der Waals surface area contributed by atoms with Crippen LogP contribution in [-0.2, 0) is 4.74 Å². The van der Waals surface area contributed by atoms with Gasteiger partial charge in [-0.2, -0.15) is 0 Å². The van der Waals surface area contributed by atoms with Crippen LogP contribution in [0.2, 0.25) is 0 Å². The lowest BCUT2D eigenvalue weighted by Crippen LogP contribution is -2.47. The molecule has 7 N–H and O–H groups in total. The quantitative estimate of drug-likeness (QED) is 0.200. The molecule has 0 saturated heterocycles. The third kappa shape index (κ3) is 6.59. The van der Waals surface area contributed by atoms with Gasteiger partial charge in [0.2, 0.25) is 0 Å². The first-order chi connectivity index (χ1) is 8.91. The molecule has 8 heteroatoms. The predicted octanol–water partition coefficient (Wildman–Crippen LogP) is -2.87. The number of aliphatic hydroxyl groups is 7. The highest BCUT2D eigenvalue weighted by atomic mass is 16.5. The van der Waals surface area contributed by atoms with Gasteiger partial charge in [-0.1, -0.05) is 0 Å². The van der Waals surface area contributed by atoms with Gasteiger partial charge in [-0.3, -0.25) is 0 Å². The Morgan fingerprint density at radius 2 is 1.21 bits per heavy atom. The minimum atomic E-state index is -1.57. The molecule has 0 aliphatic rings. The molecule has 0 rings (SSSR count). The van der Waals surface area contributed by atoms with E-state index < -0.39 is 43.9 Å². The van der Waals surface area contributed by atoms with Crippen LogP contribution in [0.25, 0.3) is 0 Å². The highest BCUT2D eigenvalue weighted by molar-refractivity contribution is 4.86. The monoisotopic (exact) mass is 284 g/mol. The van der Waals surface area contributed by atoms with E-state index in [1.165, 1.54) is 0 Å². The Bertz CT molecular complexity index is 208. The molecule has 1 unspecified atom stereocenters. The fourth-order valence-corrected chi connectivity index (χ4v) is 1.64. The Morgan fingerprint density at radius 1 is 0.737 bits per heavy atom. The minimum absolute atomic E-state index is 0.0614. The molecular weight excluding hydrogens is 260 g/mol. The smallest absolute Gasteiger partial charge is 0.153 e. The topological polar surface area (TPSA) is 151 Å². The zero-order valence-electron chi connectivity index (χ0n) is 10.7. The average molecular weight is 284 g/mol. The largest absolute Gasteiger partial charge is 0.396 e. The van der Waals surface area contributed by atoms with Crippen LogP contribution in [0.1, 0.15) is 19.3 Å². The fraction of sp³-hybridized carbons (Fsp3) is 1.00. The maximum absolute atomic E-state index is 9.30. The molecule has 1 atom stereocenters. The van der Waals surface area contributed by atoms with Gasteiger partial charge in [0, 0.05) is 12.8 Å². The summed E-state index contributed by atoms with van der Waals surface area (Å²) in [6.07, 6.45) is -4.00. The normalized spacial score (nSPS) is 14.4. The van der Waals surface area contributed by atoms with Crippen LogP contribution in [0, 0.1) is 5.41 Å². The Morgan fingerprint density at radius 3 is 1.58 bits per heavy atom. The van der Waals surface area contributed by atoms with E-state index in [0.717, 1.165) is 0 Å². The van der Waals surface area contributed by atoms with Gasteiger partial charge in [-0.05, 0) is 6.42 Å². The van der Waals surface area contributed by atoms with E-state index in [1.807, 2.05) is 0 Å². The first-order valence-corrected chi connectivity index (χ1v) is 6.08. The maximum atomic E-state index is 9.30. The standard InChI is InChI=1S/C11H24O8/c12-5-11(6-13,7-14)8(1-2-9(15)16)19-4-3-10(17)18/h8-10,12-18H,1-7H2. The molecule has 0 aliphatic heterocycles. The molecule has 0 aliphatic carbocycles. The molecule has 0 aromatic heterocycles. The van der Waals surface area contributed by atoms with Gasteiger partial charge in [-0.25, -0.2) is 0 Å². The molecule has 0 fully saturated rings. The number of hydrogen-bond donors (Lipinski definition) is 7.